The van der Waals surface area contributed by atoms with Crippen molar-refractivity contribution >= 4 is 23.1 Å². The molecule has 0 bridgehead atoms. The number of morpholine rings is 1. The minimum atomic E-state index is -0.255. The summed E-state index contributed by atoms with van der Waals surface area (Å²) in [4.78, 5) is 33.5. The van der Waals surface area contributed by atoms with E-state index in [1.807, 2.05) is 23.1 Å². The molecule has 2 aliphatic rings. The van der Waals surface area contributed by atoms with Crippen LogP contribution in [0.5, 0.6) is 0 Å². The van der Waals surface area contributed by atoms with Crippen molar-refractivity contribution in [3.63, 3.8) is 0 Å². The number of aromatic nitrogens is 2. The Morgan fingerprint density at radius 3 is 2.96 bits per heavy atom. The summed E-state index contributed by atoms with van der Waals surface area (Å²) >= 11 is 0. The number of H-pyrrole nitrogens is 1. The molecule has 27 heavy (non-hydrogen) atoms. The molecule has 8 heteroatoms. The maximum atomic E-state index is 12.4. The van der Waals surface area contributed by atoms with E-state index in [-0.39, 0.29) is 17.9 Å². The molecule has 142 valence electrons. The van der Waals surface area contributed by atoms with Gasteiger partial charge in [0.1, 0.15) is 11.6 Å². The molecule has 3 heterocycles. The zero-order valence-corrected chi connectivity index (χ0v) is 15.1. The first-order valence-corrected chi connectivity index (χ1v) is 9.27. The van der Waals surface area contributed by atoms with Crippen LogP contribution < -0.4 is 21.1 Å². The Labute approximate surface area is 156 Å². The molecule has 0 radical (unpaired) electrons. The number of amides is 1. The van der Waals surface area contributed by atoms with Gasteiger partial charge in [-0.1, -0.05) is 0 Å². The Kier molecular flexibility index (Phi) is 5.06. The first-order chi connectivity index (χ1) is 13.2. The smallest absolute Gasteiger partial charge is 0.252 e. The highest BCUT2D eigenvalue weighted by molar-refractivity contribution is 5.92. The van der Waals surface area contributed by atoms with E-state index in [4.69, 9.17) is 4.74 Å². The molecule has 0 saturated carbocycles. The van der Waals surface area contributed by atoms with Crippen LogP contribution in [0.1, 0.15) is 17.8 Å². The number of nitrogens with one attached hydrogen (secondary N) is 3. The fourth-order valence-electron chi connectivity index (χ4n) is 3.44. The lowest BCUT2D eigenvalue weighted by Crippen LogP contribution is -2.37. The average molecular weight is 369 g/mol. The molecule has 0 unspecified atom stereocenters. The van der Waals surface area contributed by atoms with Gasteiger partial charge in [-0.25, -0.2) is 4.98 Å². The van der Waals surface area contributed by atoms with Gasteiger partial charge in [-0.15, -0.1) is 0 Å². The number of hydrogen-bond acceptors (Lipinski definition) is 6. The molecular formula is C19H23N5O3. The highest BCUT2D eigenvalue weighted by Gasteiger charge is 2.16. The molecule has 1 saturated heterocycles. The second kappa shape index (κ2) is 7.79. The van der Waals surface area contributed by atoms with Crippen molar-refractivity contribution in [1.29, 1.82) is 0 Å². The first kappa shape index (κ1) is 17.5. The van der Waals surface area contributed by atoms with Crippen LogP contribution >= 0.6 is 0 Å². The number of anilines is 3. The van der Waals surface area contributed by atoms with Crippen molar-refractivity contribution in [1.82, 2.24) is 9.97 Å². The quantitative estimate of drug-likeness (QED) is 0.748. The third-order valence-corrected chi connectivity index (χ3v) is 4.77. The summed E-state index contributed by atoms with van der Waals surface area (Å²) < 4.78 is 5.33. The minimum absolute atomic E-state index is 0.0166. The van der Waals surface area contributed by atoms with Gasteiger partial charge in [0.25, 0.3) is 5.56 Å². The molecule has 4 rings (SSSR count). The molecule has 2 aromatic rings. The van der Waals surface area contributed by atoms with Gasteiger partial charge in [0.15, 0.2) is 0 Å². The summed E-state index contributed by atoms with van der Waals surface area (Å²) in [5, 5.41) is 6.25. The first-order valence-electron chi connectivity index (χ1n) is 9.27. The Morgan fingerprint density at radius 2 is 2.11 bits per heavy atom. The van der Waals surface area contributed by atoms with Crippen LogP contribution in [0.3, 0.4) is 0 Å². The topological polar surface area (TPSA) is 99.4 Å². The van der Waals surface area contributed by atoms with E-state index in [1.165, 1.54) is 11.6 Å². The zero-order valence-electron chi connectivity index (χ0n) is 15.1. The highest BCUT2D eigenvalue weighted by atomic mass is 16.5. The number of rotatable bonds is 4. The molecule has 0 atom stereocenters. The van der Waals surface area contributed by atoms with Crippen molar-refractivity contribution in [3.05, 3.63) is 46.0 Å². The largest absolute Gasteiger partial charge is 0.385 e. The molecular weight excluding hydrogens is 346 g/mol. The van der Waals surface area contributed by atoms with E-state index >= 15 is 0 Å². The zero-order chi connectivity index (χ0) is 18.6. The average Bonchev–Trinajstić information content (AvgIpc) is 2.68. The lowest BCUT2D eigenvalue weighted by atomic mass is 10.0. The number of nitrogens with zero attached hydrogens (tertiary/aromatic N) is 2. The van der Waals surface area contributed by atoms with E-state index in [1.54, 1.807) is 0 Å². The molecule has 3 N–H and O–H groups in total. The molecule has 1 aromatic carbocycles. The van der Waals surface area contributed by atoms with Gasteiger partial charge in [0.05, 0.1) is 19.6 Å². The molecule has 8 nitrogen and oxygen atoms in total. The van der Waals surface area contributed by atoms with Crippen molar-refractivity contribution in [3.8, 4) is 0 Å². The van der Waals surface area contributed by atoms with Gasteiger partial charge in [0, 0.05) is 37.1 Å². The van der Waals surface area contributed by atoms with Crippen LogP contribution in [0.15, 0.2) is 29.1 Å². The number of carbonyl (C=O) groups excluding carboxylic acids is 1. The predicted octanol–water partition coefficient (Wildman–Crippen LogP) is 1.15. The van der Waals surface area contributed by atoms with E-state index in [2.05, 4.69) is 20.6 Å². The summed E-state index contributed by atoms with van der Waals surface area (Å²) in [6.07, 6.45) is 2.11. The van der Waals surface area contributed by atoms with Crippen molar-refractivity contribution in [2.45, 2.75) is 19.3 Å². The van der Waals surface area contributed by atoms with E-state index in [0.29, 0.717) is 37.9 Å². The summed E-state index contributed by atoms with van der Waals surface area (Å²) in [5.74, 6) is 0.742. The second-order valence-electron chi connectivity index (χ2n) is 6.78. The lowest BCUT2D eigenvalue weighted by Gasteiger charge is -2.27. The molecule has 1 fully saturated rings. The Balaban J connectivity index is 1.44. The monoisotopic (exact) mass is 369 g/mol. The normalized spacial score (nSPS) is 16.4. The molecule has 0 spiro atoms. The summed E-state index contributed by atoms with van der Waals surface area (Å²) in [7, 11) is 0. The summed E-state index contributed by atoms with van der Waals surface area (Å²) in [6.45, 7) is 3.57. The number of aromatic amines is 1. The Hall–Kier alpha value is -2.87. The second-order valence-corrected chi connectivity index (χ2v) is 6.78. The Bertz CT molecular complexity index is 889. The Morgan fingerprint density at radius 1 is 1.26 bits per heavy atom. The van der Waals surface area contributed by atoms with E-state index < -0.39 is 0 Å². The molecule has 2 aliphatic heterocycles. The van der Waals surface area contributed by atoms with Crippen LogP contribution in [0.2, 0.25) is 0 Å². The number of ether oxygens (including phenoxy) is 1. The third-order valence-electron chi connectivity index (χ3n) is 4.77. The number of hydrogen-bond donors (Lipinski definition) is 3. The minimum Gasteiger partial charge on any atom is -0.385 e. The van der Waals surface area contributed by atoms with Gasteiger partial charge in [0.2, 0.25) is 5.91 Å². The van der Waals surface area contributed by atoms with Crippen LogP contribution in [0.25, 0.3) is 0 Å². The third kappa shape index (κ3) is 4.28. The molecule has 1 amide bonds. The van der Waals surface area contributed by atoms with Crippen molar-refractivity contribution < 1.29 is 9.53 Å². The maximum absolute atomic E-state index is 12.4. The van der Waals surface area contributed by atoms with E-state index in [9.17, 15) is 9.59 Å². The van der Waals surface area contributed by atoms with Gasteiger partial charge in [-0.2, -0.15) is 0 Å². The standard InChI is InChI=1S/C19H23N5O3/c25-18(21-14-3-4-15-13(10-14)2-1-5-20-15)11-16-22-17(12-19(26)23-16)24-6-8-27-9-7-24/h3-4,10,12,20H,1-2,5-9,11H2,(H,21,25)(H,22,23,26). The van der Waals surface area contributed by atoms with Crippen LogP contribution in [-0.4, -0.2) is 48.7 Å². The van der Waals surface area contributed by atoms with Gasteiger partial charge < -0.3 is 25.3 Å². The number of fused-ring (bicyclic) bond motifs is 1. The van der Waals surface area contributed by atoms with Crippen LogP contribution in [-0.2, 0) is 22.4 Å². The fraction of sp³-hybridized carbons (Fsp3) is 0.421. The maximum Gasteiger partial charge on any atom is 0.252 e. The van der Waals surface area contributed by atoms with Gasteiger partial charge >= 0.3 is 0 Å². The summed E-state index contributed by atoms with van der Waals surface area (Å²) in [6, 6.07) is 7.33. The highest BCUT2D eigenvalue weighted by Crippen LogP contribution is 2.25. The number of aryl methyl sites for hydroxylation is 1. The van der Waals surface area contributed by atoms with Crippen molar-refractivity contribution in [2.24, 2.45) is 0 Å². The fourth-order valence-corrected chi connectivity index (χ4v) is 3.44. The predicted molar refractivity (Wildman–Crippen MR) is 103 cm³/mol. The van der Waals surface area contributed by atoms with E-state index in [0.717, 1.165) is 30.8 Å². The molecule has 0 aliphatic carbocycles. The SMILES string of the molecule is O=C(Cc1nc(N2CCOCC2)cc(=O)[nH]1)Nc1ccc2c(c1)CCCN2. The van der Waals surface area contributed by atoms with Gasteiger partial charge in [-0.3, -0.25) is 9.59 Å². The van der Waals surface area contributed by atoms with Crippen LogP contribution in [0, 0.1) is 0 Å². The number of carbonyl (C=O) groups is 1. The van der Waals surface area contributed by atoms with Crippen molar-refractivity contribution in [2.75, 3.05) is 48.4 Å². The van der Waals surface area contributed by atoms with Crippen LogP contribution in [0.4, 0.5) is 17.2 Å². The van der Waals surface area contributed by atoms with Gasteiger partial charge in [-0.05, 0) is 36.6 Å². The lowest BCUT2D eigenvalue weighted by molar-refractivity contribution is -0.115. The summed E-state index contributed by atoms with van der Waals surface area (Å²) in [5.41, 5.74) is 2.84. The molecule has 1 aromatic heterocycles. The number of benzene rings is 1.